The average Bonchev–Trinajstić information content (AvgIpc) is 3.12. The molecule has 1 aromatic carbocycles. The fourth-order valence-electron chi connectivity index (χ4n) is 3.15. The maximum atomic E-state index is 14.1. The van der Waals surface area contributed by atoms with Crippen molar-refractivity contribution >= 4 is 17.0 Å². The van der Waals surface area contributed by atoms with Crippen LogP contribution in [0.2, 0.25) is 0 Å². The summed E-state index contributed by atoms with van der Waals surface area (Å²) in [5.41, 5.74) is 1.64. The SMILES string of the molecule is Cc1cccc(F)c1NC(c1cccs1)C1CCCC1. The normalized spacial score (nSPS) is 17.3. The Bertz CT molecular complexity index is 538. The molecule has 0 bridgehead atoms. The monoisotopic (exact) mass is 289 g/mol. The van der Waals surface area contributed by atoms with Gasteiger partial charge in [-0.1, -0.05) is 31.0 Å². The van der Waals surface area contributed by atoms with Crippen LogP contribution < -0.4 is 5.32 Å². The molecule has 1 heterocycles. The summed E-state index contributed by atoms with van der Waals surface area (Å²) in [6.07, 6.45) is 5.07. The first-order valence-electron chi connectivity index (χ1n) is 7.31. The lowest BCUT2D eigenvalue weighted by Crippen LogP contribution is -2.19. The van der Waals surface area contributed by atoms with Crippen molar-refractivity contribution in [2.24, 2.45) is 5.92 Å². The Morgan fingerprint density at radius 2 is 2.00 bits per heavy atom. The summed E-state index contributed by atoms with van der Waals surface area (Å²) in [7, 11) is 0. The van der Waals surface area contributed by atoms with Crippen LogP contribution in [-0.2, 0) is 0 Å². The van der Waals surface area contributed by atoms with E-state index in [-0.39, 0.29) is 11.9 Å². The van der Waals surface area contributed by atoms with Crippen LogP contribution in [0.15, 0.2) is 35.7 Å². The highest BCUT2D eigenvalue weighted by atomic mass is 32.1. The molecular weight excluding hydrogens is 269 g/mol. The number of benzene rings is 1. The van der Waals surface area contributed by atoms with Crippen molar-refractivity contribution in [3.8, 4) is 0 Å². The maximum absolute atomic E-state index is 14.1. The lowest BCUT2D eigenvalue weighted by Gasteiger charge is -2.26. The summed E-state index contributed by atoms with van der Waals surface area (Å²) in [5.74, 6) is 0.470. The van der Waals surface area contributed by atoms with E-state index in [1.165, 1.54) is 36.6 Å². The standard InChI is InChI=1S/C17H20FNS/c1-12-6-4-9-14(18)16(12)19-17(13-7-2-3-8-13)15-10-5-11-20-15/h4-6,9-11,13,17,19H,2-3,7-8H2,1H3. The van der Waals surface area contributed by atoms with Gasteiger partial charge in [-0.3, -0.25) is 0 Å². The molecule has 1 unspecified atom stereocenters. The molecule has 0 aliphatic heterocycles. The van der Waals surface area contributed by atoms with E-state index in [0.717, 1.165) is 5.56 Å². The Morgan fingerprint density at radius 3 is 2.65 bits per heavy atom. The van der Waals surface area contributed by atoms with Gasteiger partial charge in [0, 0.05) is 4.88 Å². The van der Waals surface area contributed by atoms with Crippen molar-refractivity contribution in [2.75, 3.05) is 5.32 Å². The zero-order chi connectivity index (χ0) is 13.9. The van der Waals surface area contributed by atoms with Gasteiger partial charge in [0.2, 0.25) is 0 Å². The molecule has 0 amide bonds. The first-order chi connectivity index (χ1) is 9.75. The Kier molecular flexibility index (Phi) is 4.06. The van der Waals surface area contributed by atoms with E-state index in [1.807, 2.05) is 13.0 Å². The molecule has 1 saturated carbocycles. The third kappa shape index (κ3) is 2.73. The van der Waals surface area contributed by atoms with E-state index in [9.17, 15) is 4.39 Å². The van der Waals surface area contributed by atoms with Gasteiger partial charge in [-0.15, -0.1) is 11.3 Å². The Morgan fingerprint density at radius 1 is 1.20 bits per heavy atom. The second-order valence-electron chi connectivity index (χ2n) is 5.61. The van der Waals surface area contributed by atoms with Crippen molar-refractivity contribution in [2.45, 2.75) is 38.6 Å². The second kappa shape index (κ2) is 5.96. The van der Waals surface area contributed by atoms with Crippen LogP contribution in [0, 0.1) is 18.7 Å². The topological polar surface area (TPSA) is 12.0 Å². The molecule has 1 aromatic heterocycles. The van der Waals surface area contributed by atoms with Crippen LogP contribution in [0.5, 0.6) is 0 Å². The minimum absolute atomic E-state index is 0.149. The molecule has 1 nitrogen and oxygen atoms in total. The molecule has 1 atom stereocenters. The van der Waals surface area contributed by atoms with Crippen LogP contribution in [0.25, 0.3) is 0 Å². The molecule has 1 N–H and O–H groups in total. The molecule has 2 aromatic rings. The number of hydrogen-bond acceptors (Lipinski definition) is 2. The van der Waals surface area contributed by atoms with Crippen molar-refractivity contribution < 1.29 is 4.39 Å². The number of nitrogens with one attached hydrogen (secondary N) is 1. The van der Waals surface area contributed by atoms with Crippen molar-refractivity contribution in [3.63, 3.8) is 0 Å². The van der Waals surface area contributed by atoms with E-state index < -0.39 is 0 Å². The van der Waals surface area contributed by atoms with Gasteiger partial charge in [0.25, 0.3) is 0 Å². The third-order valence-electron chi connectivity index (χ3n) is 4.24. The minimum atomic E-state index is -0.149. The molecular formula is C17H20FNS. The highest BCUT2D eigenvalue weighted by molar-refractivity contribution is 7.10. The van der Waals surface area contributed by atoms with Gasteiger partial charge < -0.3 is 5.32 Å². The number of aryl methyl sites for hydroxylation is 1. The zero-order valence-corrected chi connectivity index (χ0v) is 12.5. The van der Waals surface area contributed by atoms with Crippen LogP contribution in [0.1, 0.15) is 42.2 Å². The first kappa shape index (κ1) is 13.6. The van der Waals surface area contributed by atoms with Crippen molar-refractivity contribution in [1.82, 2.24) is 0 Å². The van der Waals surface area contributed by atoms with E-state index in [4.69, 9.17) is 0 Å². The summed E-state index contributed by atoms with van der Waals surface area (Å²) in [5, 5.41) is 5.60. The molecule has 1 fully saturated rings. The summed E-state index contributed by atoms with van der Waals surface area (Å²) in [4.78, 5) is 1.32. The quantitative estimate of drug-likeness (QED) is 0.779. The minimum Gasteiger partial charge on any atom is -0.375 e. The van der Waals surface area contributed by atoms with Crippen molar-refractivity contribution in [3.05, 3.63) is 52.0 Å². The number of thiophene rings is 1. The Hall–Kier alpha value is -1.35. The molecule has 106 valence electrons. The molecule has 20 heavy (non-hydrogen) atoms. The average molecular weight is 289 g/mol. The smallest absolute Gasteiger partial charge is 0.146 e. The lowest BCUT2D eigenvalue weighted by atomic mass is 9.96. The summed E-state index contributed by atoms with van der Waals surface area (Å²) < 4.78 is 14.1. The number of anilines is 1. The largest absolute Gasteiger partial charge is 0.375 e. The second-order valence-corrected chi connectivity index (χ2v) is 6.59. The third-order valence-corrected chi connectivity index (χ3v) is 5.20. The zero-order valence-electron chi connectivity index (χ0n) is 11.7. The Labute approximate surface area is 123 Å². The van der Waals surface area contributed by atoms with E-state index >= 15 is 0 Å². The van der Waals surface area contributed by atoms with Crippen LogP contribution in [0.3, 0.4) is 0 Å². The van der Waals surface area contributed by atoms with Gasteiger partial charge in [-0.25, -0.2) is 4.39 Å². The van der Waals surface area contributed by atoms with Crippen LogP contribution in [0.4, 0.5) is 10.1 Å². The predicted octanol–water partition coefficient (Wildman–Crippen LogP) is 5.54. The van der Waals surface area contributed by atoms with Gasteiger partial charge in [0.15, 0.2) is 0 Å². The van der Waals surface area contributed by atoms with E-state index in [2.05, 4.69) is 22.8 Å². The fourth-order valence-corrected chi connectivity index (χ4v) is 4.02. The van der Waals surface area contributed by atoms with E-state index in [0.29, 0.717) is 11.6 Å². The van der Waals surface area contributed by atoms with E-state index in [1.54, 1.807) is 17.4 Å². The lowest BCUT2D eigenvalue weighted by molar-refractivity contribution is 0.472. The molecule has 3 rings (SSSR count). The number of halogens is 1. The van der Waals surface area contributed by atoms with Gasteiger partial charge >= 0.3 is 0 Å². The molecule has 3 heteroatoms. The van der Waals surface area contributed by atoms with Gasteiger partial charge in [0.05, 0.1) is 11.7 Å². The fraction of sp³-hybridized carbons (Fsp3) is 0.412. The molecule has 1 aliphatic carbocycles. The summed E-state index contributed by atoms with van der Waals surface area (Å²) >= 11 is 1.76. The Balaban J connectivity index is 1.90. The number of hydrogen-bond donors (Lipinski definition) is 1. The van der Waals surface area contributed by atoms with Gasteiger partial charge in [-0.05, 0) is 48.8 Å². The maximum Gasteiger partial charge on any atom is 0.146 e. The highest BCUT2D eigenvalue weighted by Gasteiger charge is 2.28. The number of para-hydroxylation sites is 1. The van der Waals surface area contributed by atoms with Gasteiger partial charge in [-0.2, -0.15) is 0 Å². The summed E-state index contributed by atoms with van der Waals surface area (Å²) in [6.45, 7) is 1.96. The first-order valence-corrected chi connectivity index (χ1v) is 8.19. The van der Waals surface area contributed by atoms with Crippen LogP contribution in [-0.4, -0.2) is 0 Å². The molecule has 1 aliphatic rings. The molecule has 0 radical (unpaired) electrons. The van der Waals surface area contributed by atoms with Gasteiger partial charge in [0.1, 0.15) is 5.82 Å². The predicted molar refractivity (Wildman–Crippen MR) is 83.8 cm³/mol. The van der Waals surface area contributed by atoms with Crippen molar-refractivity contribution in [1.29, 1.82) is 0 Å². The van der Waals surface area contributed by atoms with Crippen LogP contribution >= 0.6 is 11.3 Å². The molecule has 0 saturated heterocycles. The molecule has 0 spiro atoms. The summed E-state index contributed by atoms with van der Waals surface area (Å²) in [6, 6.07) is 9.76. The number of rotatable bonds is 4. The highest BCUT2D eigenvalue weighted by Crippen LogP contribution is 2.40.